The lowest BCUT2D eigenvalue weighted by atomic mass is 9.75. The second-order valence-electron chi connectivity index (χ2n) is 11.2. The van der Waals surface area contributed by atoms with E-state index in [1.807, 2.05) is 72.9 Å². The summed E-state index contributed by atoms with van der Waals surface area (Å²) < 4.78 is 5.59. The number of hydrogen-bond donors (Lipinski definition) is 4. The Morgan fingerprint density at radius 2 is 1.93 bits per heavy atom. The Bertz CT molecular complexity index is 1650. The third-order valence-electron chi connectivity index (χ3n) is 8.54. The summed E-state index contributed by atoms with van der Waals surface area (Å²) in [4.78, 5) is 27.2. The number of hydrogen-bond acceptors (Lipinski definition) is 7. The molecule has 2 aromatic carbocycles. The number of nitrogens with two attached hydrogens (primary N) is 1. The highest BCUT2D eigenvalue weighted by Crippen LogP contribution is 2.41. The van der Waals surface area contributed by atoms with Gasteiger partial charge in [0.15, 0.2) is 0 Å². The van der Waals surface area contributed by atoms with Gasteiger partial charge in [-0.3, -0.25) is 0 Å². The summed E-state index contributed by atoms with van der Waals surface area (Å²) in [6, 6.07) is 18.1. The number of piperidine rings is 1. The number of benzene rings is 2. The van der Waals surface area contributed by atoms with Gasteiger partial charge in [0.05, 0.1) is 23.4 Å². The second-order valence-corrected chi connectivity index (χ2v) is 11.2. The van der Waals surface area contributed by atoms with Crippen molar-refractivity contribution in [1.82, 2.24) is 20.3 Å². The number of para-hydroxylation sites is 1. The van der Waals surface area contributed by atoms with E-state index in [1.165, 1.54) is 0 Å². The molecule has 1 unspecified atom stereocenters. The lowest BCUT2D eigenvalue weighted by Gasteiger charge is -2.44. The van der Waals surface area contributed by atoms with Crippen molar-refractivity contribution >= 4 is 34.3 Å². The molecule has 2 aromatic heterocycles. The van der Waals surface area contributed by atoms with Crippen LogP contribution in [0.25, 0.3) is 22.2 Å². The van der Waals surface area contributed by atoms with Crippen LogP contribution < -0.4 is 21.3 Å². The maximum atomic E-state index is 12.8. The quantitative estimate of drug-likeness (QED) is 0.173. The first kappa shape index (κ1) is 28.1. The Kier molecular flexibility index (Phi) is 8.13. The first-order valence-electron chi connectivity index (χ1n) is 14.7. The minimum atomic E-state index is -0.442. The molecule has 5 N–H and O–H groups in total. The molecule has 3 heterocycles. The van der Waals surface area contributed by atoms with Gasteiger partial charge in [-0.2, -0.15) is 0 Å². The van der Waals surface area contributed by atoms with E-state index in [9.17, 15) is 4.79 Å². The molecule has 1 aliphatic heterocycles. The average molecular weight is 576 g/mol. The Balaban J connectivity index is 1.20. The number of ether oxygens (including phenoxy) is 1. The molecule has 1 amide bonds. The van der Waals surface area contributed by atoms with E-state index in [0.29, 0.717) is 18.8 Å². The van der Waals surface area contributed by atoms with Crippen molar-refractivity contribution in [1.29, 1.82) is 0 Å². The van der Waals surface area contributed by atoms with E-state index < -0.39 is 11.5 Å². The van der Waals surface area contributed by atoms with Crippen molar-refractivity contribution in [3.63, 3.8) is 0 Å². The number of alkyl carbamates (subject to hydrolysis) is 1. The van der Waals surface area contributed by atoms with E-state index in [1.54, 1.807) is 6.33 Å². The third-order valence-corrected chi connectivity index (χ3v) is 8.54. The lowest BCUT2D eigenvalue weighted by Crippen LogP contribution is -2.48. The van der Waals surface area contributed by atoms with E-state index in [0.717, 1.165) is 71.7 Å². The fourth-order valence-corrected chi connectivity index (χ4v) is 5.91. The molecule has 6 rings (SSSR count). The normalized spacial score (nSPS) is 17.5. The van der Waals surface area contributed by atoms with Crippen molar-refractivity contribution in [2.24, 2.45) is 11.3 Å². The van der Waals surface area contributed by atoms with Crippen LogP contribution in [-0.4, -0.2) is 47.3 Å². The zero-order valence-electron chi connectivity index (χ0n) is 24.1. The summed E-state index contributed by atoms with van der Waals surface area (Å²) in [5.74, 6) is 1.10. The summed E-state index contributed by atoms with van der Waals surface area (Å²) in [6.45, 7) is 6.69. The van der Waals surface area contributed by atoms with Crippen LogP contribution in [0.4, 0.5) is 22.0 Å². The lowest BCUT2D eigenvalue weighted by molar-refractivity contribution is 0.128. The predicted octanol–water partition coefficient (Wildman–Crippen LogP) is 6.28. The van der Waals surface area contributed by atoms with Gasteiger partial charge in [-0.1, -0.05) is 73.3 Å². The number of aromatic amines is 1. The van der Waals surface area contributed by atoms with E-state index in [4.69, 9.17) is 10.5 Å². The molecular weight excluding hydrogens is 538 g/mol. The van der Waals surface area contributed by atoms with Crippen LogP contribution in [0.15, 0.2) is 104 Å². The Labute approximate surface area is 251 Å². The SMILES string of the molecule is C=C(Nc1cccc(-c2ccccc2)c1N)C1(CNC(=O)OCC2C=CC=CC2)CCN(c2ncnc3[nH]ccc23)CC1. The molecule has 1 fully saturated rings. The average Bonchev–Trinajstić information content (AvgIpc) is 3.54. The predicted molar refractivity (Wildman–Crippen MR) is 173 cm³/mol. The van der Waals surface area contributed by atoms with Crippen molar-refractivity contribution in [3.05, 3.63) is 104 Å². The largest absolute Gasteiger partial charge is 0.449 e. The highest BCUT2D eigenvalue weighted by molar-refractivity contribution is 5.88. The van der Waals surface area contributed by atoms with Crippen molar-refractivity contribution in [3.8, 4) is 11.1 Å². The number of rotatable bonds is 9. The van der Waals surface area contributed by atoms with Gasteiger partial charge in [-0.05, 0) is 37.0 Å². The Hall–Kier alpha value is -5.05. The first-order valence-corrected chi connectivity index (χ1v) is 14.7. The molecule has 1 atom stereocenters. The second kappa shape index (κ2) is 12.4. The first-order chi connectivity index (χ1) is 21.0. The zero-order valence-corrected chi connectivity index (χ0v) is 24.1. The summed E-state index contributed by atoms with van der Waals surface area (Å²) >= 11 is 0. The number of aromatic nitrogens is 3. The fraction of sp³-hybridized carbons (Fsp3) is 0.265. The van der Waals surface area contributed by atoms with Gasteiger partial charge >= 0.3 is 6.09 Å². The molecule has 1 aliphatic carbocycles. The number of fused-ring (bicyclic) bond motifs is 1. The van der Waals surface area contributed by atoms with Gasteiger partial charge in [0.25, 0.3) is 0 Å². The van der Waals surface area contributed by atoms with Crippen molar-refractivity contribution in [2.75, 3.05) is 42.2 Å². The monoisotopic (exact) mass is 575 g/mol. The highest BCUT2D eigenvalue weighted by atomic mass is 16.5. The smallest absolute Gasteiger partial charge is 0.407 e. The molecule has 4 aromatic rings. The summed E-state index contributed by atoms with van der Waals surface area (Å²) in [5.41, 5.74) is 11.3. The van der Waals surface area contributed by atoms with Gasteiger partial charge in [0.2, 0.25) is 0 Å². The Morgan fingerprint density at radius 1 is 1.09 bits per heavy atom. The van der Waals surface area contributed by atoms with Gasteiger partial charge in [0.1, 0.15) is 17.8 Å². The van der Waals surface area contributed by atoms with Gasteiger partial charge < -0.3 is 31.0 Å². The molecular formula is C34H37N7O2. The number of H-pyrrole nitrogens is 1. The summed E-state index contributed by atoms with van der Waals surface area (Å²) in [5, 5.41) is 7.58. The van der Waals surface area contributed by atoms with Crippen LogP contribution >= 0.6 is 0 Å². The molecule has 1 saturated heterocycles. The summed E-state index contributed by atoms with van der Waals surface area (Å²) in [6.07, 6.45) is 13.5. The number of allylic oxidation sites excluding steroid dienone is 3. The number of nitrogen functional groups attached to an aromatic ring is 1. The molecule has 0 bridgehead atoms. The topological polar surface area (TPSA) is 121 Å². The van der Waals surface area contributed by atoms with Crippen molar-refractivity contribution in [2.45, 2.75) is 19.3 Å². The molecule has 0 spiro atoms. The number of nitrogens with one attached hydrogen (secondary N) is 3. The number of carbonyl (C=O) groups is 1. The molecule has 9 nitrogen and oxygen atoms in total. The molecule has 43 heavy (non-hydrogen) atoms. The van der Waals surface area contributed by atoms with E-state index in [-0.39, 0.29) is 5.92 Å². The van der Waals surface area contributed by atoms with Gasteiger partial charge in [-0.15, -0.1) is 0 Å². The van der Waals surface area contributed by atoms with Crippen LogP contribution in [0.3, 0.4) is 0 Å². The van der Waals surface area contributed by atoms with Crippen LogP contribution in [0.1, 0.15) is 19.3 Å². The van der Waals surface area contributed by atoms with Crippen LogP contribution in [-0.2, 0) is 4.74 Å². The zero-order chi connectivity index (χ0) is 29.6. The number of carbonyl (C=O) groups excluding carboxylic acids is 1. The van der Waals surface area contributed by atoms with E-state index in [2.05, 4.69) is 49.2 Å². The van der Waals surface area contributed by atoms with E-state index >= 15 is 0 Å². The Morgan fingerprint density at radius 3 is 2.72 bits per heavy atom. The minimum Gasteiger partial charge on any atom is -0.449 e. The van der Waals surface area contributed by atoms with Crippen LogP contribution in [0, 0.1) is 11.3 Å². The molecule has 0 saturated carbocycles. The fourth-order valence-electron chi connectivity index (χ4n) is 5.91. The summed E-state index contributed by atoms with van der Waals surface area (Å²) in [7, 11) is 0. The minimum absolute atomic E-state index is 0.197. The van der Waals surface area contributed by atoms with Gasteiger partial charge in [0, 0.05) is 48.4 Å². The van der Waals surface area contributed by atoms with Crippen LogP contribution in [0.2, 0.25) is 0 Å². The highest BCUT2D eigenvalue weighted by Gasteiger charge is 2.39. The standard InChI is InChI=1S/C34H37N7O2/c1-24(40-29-14-8-13-27(30(29)35)26-11-6-3-7-12-26)34(22-37-33(42)43-21-25-9-4-2-5-10-25)16-19-41(20-17-34)32-28-15-18-36-31(28)38-23-39-32/h2-9,11-15,18,23,25,40H,1,10,16-17,19-22,35H2,(H,37,42)(H,36,38,39). The molecule has 220 valence electrons. The maximum Gasteiger partial charge on any atom is 0.407 e. The van der Waals surface area contributed by atoms with Crippen LogP contribution in [0.5, 0.6) is 0 Å². The maximum absolute atomic E-state index is 12.8. The number of anilines is 3. The number of nitrogens with zero attached hydrogens (tertiary/aromatic N) is 3. The third kappa shape index (κ3) is 6.11. The number of amides is 1. The van der Waals surface area contributed by atoms with Crippen molar-refractivity contribution < 1.29 is 9.53 Å². The molecule has 2 aliphatic rings. The van der Waals surface area contributed by atoms with Gasteiger partial charge in [-0.25, -0.2) is 14.8 Å². The molecule has 9 heteroatoms. The molecule has 0 radical (unpaired) electrons.